The van der Waals surface area contributed by atoms with Crippen LogP contribution in [0.1, 0.15) is 18.2 Å². The van der Waals surface area contributed by atoms with E-state index >= 15 is 0 Å². The predicted octanol–water partition coefficient (Wildman–Crippen LogP) is 3.88. The summed E-state index contributed by atoms with van der Waals surface area (Å²) in [6, 6.07) is 7.98. The molecule has 4 nitrogen and oxygen atoms in total. The molecule has 1 atom stereocenters. The van der Waals surface area contributed by atoms with Crippen molar-refractivity contribution in [3.05, 3.63) is 34.6 Å². The Bertz CT molecular complexity index is 469. The van der Waals surface area contributed by atoms with E-state index in [-0.39, 0.29) is 5.38 Å². The summed E-state index contributed by atoms with van der Waals surface area (Å²) in [6.45, 7) is 1.78. The van der Waals surface area contributed by atoms with Crippen LogP contribution in [0, 0.1) is 0 Å². The Labute approximate surface area is 106 Å². The van der Waals surface area contributed by atoms with E-state index < -0.39 is 0 Å². The number of nitrogens with one attached hydrogen (secondary N) is 1. The molecular weight excluding hydrogens is 293 g/mol. The summed E-state index contributed by atoms with van der Waals surface area (Å²) in [6.07, 6.45) is 0. The molecule has 0 spiro atoms. The van der Waals surface area contributed by atoms with Crippen LogP contribution in [-0.4, -0.2) is 10.2 Å². The minimum Gasteiger partial charge on any atom is -0.406 e. The van der Waals surface area contributed by atoms with Gasteiger partial charge < -0.3 is 9.73 Å². The van der Waals surface area contributed by atoms with Crippen LogP contribution in [0.25, 0.3) is 0 Å². The number of hydrogen-bond donors (Lipinski definition) is 1. The Balaban J connectivity index is 2.11. The van der Waals surface area contributed by atoms with Crippen LogP contribution in [0.3, 0.4) is 0 Å². The van der Waals surface area contributed by atoms with Crippen LogP contribution in [0.15, 0.2) is 33.2 Å². The van der Waals surface area contributed by atoms with Gasteiger partial charge in [-0.25, -0.2) is 0 Å². The summed E-state index contributed by atoms with van der Waals surface area (Å²) in [7, 11) is 0. The number of hydrogen-bond acceptors (Lipinski definition) is 4. The molecule has 1 heterocycles. The highest BCUT2D eigenvalue weighted by atomic mass is 79.9. The predicted molar refractivity (Wildman–Crippen MR) is 66.0 cm³/mol. The first-order valence-corrected chi connectivity index (χ1v) is 5.88. The quantitative estimate of drug-likeness (QED) is 0.874. The van der Waals surface area contributed by atoms with Crippen LogP contribution in [0.2, 0.25) is 0 Å². The Morgan fingerprint density at radius 2 is 2.00 bits per heavy atom. The first-order valence-electron chi connectivity index (χ1n) is 4.65. The van der Waals surface area contributed by atoms with Gasteiger partial charge in [0.15, 0.2) is 0 Å². The van der Waals surface area contributed by atoms with Gasteiger partial charge >= 0.3 is 6.01 Å². The lowest BCUT2D eigenvalue weighted by Gasteiger charge is -2.00. The van der Waals surface area contributed by atoms with E-state index in [9.17, 15) is 0 Å². The van der Waals surface area contributed by atoms with Gasteiger partial charge in [-0.1, -0.05) is 21.0 Å². The van der Waals surface area contributed by atoms with Crippen LogP contribution in [0.4, 0.5) is 11.7 Å². The van der Waals surface area contributed by atoms with E-state index in [4.69, 9.17) is 16.0 Å². The van der Waals surface area contributed by atoms with E-state index in [1.165, 1.54) is 0 Å². The molecule has 0 aliphatic carbocycles. The number of benzene rings is 1. The second-order valence-corrected chi connectivity index (χ2v) is 4.76. The summed E-state index contributed by atoms with van der Waals surface area (Å²) in [5, 5.41) is 10.3. The van der Waals surface area contributed by atoms with Gasteiger partial charge in [-0.05, 0) is 31.2 Å². The van der Waals surface area contributed by atoms with Crippen molar-refractivity contribution >= 4 is 39.2 Å². The van der Waals surface area contributed by atoms with Crippen LogP contribution < -0.4 is 5.32 Å². The number of halogens is 2. The standard InChI is InChI=1S/C10H9BrClN3O/c1-6(12)9-14-15-10(16-9)13-8-4-2-7(11)3-5-8/h2-6H,1H3,(H,13,15). The van der Waals surface area contributed by atoms with Gasteiger partial charge in [0.2, 0.25) is 5.89 Å². The maximum absolute atomic E-state index is 5.81. The molecule has 0 aliphatic rings. The molecule has 1 aromatic carbocycles. The number of rotatable bonds is 3. The third kappa shape index (κ3) is 2.74. The van der Waals surface area contributed by atoms with Crippen molar-refractivity contribution in [2.75, 3.05) is 5.32 Å². The molecule has 16 heavy (non-hydrogen) atoms. The van der Waals surface area contributed by atoms with Crippen molar-refractivity contribution < 1.29 is 4.42 Å². The number of aromatic nitrogens is 2. The van der Waals surface area contributed by atoms with Gasteiger partial charge in [0.25, 0.3) is 0 Å². The Kier molecular flexibility index (Phi) is 3.46. The molecule has 2 rings (SSSR count). The number of alkyl halides is 1. The lowest BCUT2D eigenvalue weighted by Crippen LogP contribution is -1.89. The number of anilines is 2. The van der Waals surface area contributed by atoms with E-state index in [2.05, 4.69) is 31.4 Å². The summed E-state index contributed by atoms with van der Waals surface area (Å²) in [5.41, 5.74) is 0.876. The second-order valence-electron chi connectivity index (χ2n) is 3.19. The highest BCUT2D eigenvalue weighted by Crippen LogP contribution is 2.22. The Hall–Kier alpha value is -1.07. The monoisotopic (exact) mass is 301 g/mol. The molecule has 0 saturated carbocycles. The average molecular weight is 303 g/mol. The molecule has 0 aliphatic heterocycles. The second kappa shape index (κ2) is 4.84. The maximum Gasteiger partial charge on any atom is 0.320 e. The fourth-order valence-corrected chi connectivity index (χ4v) is 1.46. The molecule has 0 bridgehead atoms. The molecular formula is C10H9BrClN3O. The zero-order chi connectivity index (χ0) is 11.5. The van der Waals surface area contributed by atoms with Crippen molar-refractivity contribution in [3.8, 4) is 0 Å². The zero-order valence-corrected chi connectivity index (χ0v) is 10.8. The SMILES string of the molecule is CC(Cl)c1nnc(Nc2ccc(Br)cc2)o1. The molecule has 84 valence electrons. The average Bonchev–Trinajstić information content (AvgIpc) is 2.70. The Morgan fingerprint density at radius 3 is 2.56 bits per heavy atom. The summed E-state index contributed by atoms with van der Waals surface area (Å²) < 4.78 is 6.31. The molecule has 6 heteroatoms. The van der Waals surface area contributed by atoms with Crippen molar-refractivity contribution in [1.82, 2.24) is 10.2 Å². The smallest absolute Gasteiger partial charge is 0.320 e. The fraction of sp³-hybridized carbons (Fsp3) is 0.200. The maximum atomic E-state index is 5.81. The zero-order valence-electron chi connectivity index (χ0n) is 8.45. The van der Waals surface area contributed by atoms with Crippen LogP contribution in [0.5, 0.6) is 0 Å². The highest BCUT2D eigenvalue weighted by molar-refractivity contribution is 9.10. The molecule has 1 N–H and O–H groups in total. The van der Waals surface area contributed by atoms with Gasteiger partial charge in [0.05, 0.1) is 0 Å². The molecule has 1 aromatic heterocycles. The summed E-state index contributed by atoms with van der Waals surface area (Å²) in [5.74, 6) is 0.404. The third-order valence-corrected chi connectivity index (χ3v) is 2.59. The van der Waals surface area contributed by atoms with Gasteiger partial charge in [-0.3, -0.25) is 0 Å². The van der Waals surface area contributed by atoms with E-state index in [0.29, 0.717) is 11.9 Å². The molecule has 0 fully saturated rings. The lowest BCUT2D eigenvalue weighted by molar-refractivity contribution is 0.510. The highest BCUT2D eigenvalue weighted by Gasteiger charge is 2.10. The minimum atomic E-state index is -0.284. The molecule has 0 amide bonds. The number of nitrogens with zero attached hydrogens (tertiary/aromatic N) is 2. The van der Waals surface area contributed by atoms with E-state index in [0.717, 1.165) is 10.2 Å². The van der Waals surface area contributed by atoms with Crippen molar-refractivity contribution in [1.29, 1.82) is 0 Å². The van der Waals surface area contributed by atoms with Gasteiger partial charge in [0, 0.05) is 10.2 Å². The van der Waals surface area contributed by atoms with Gasteiger partial charge in [0.1, 0.15) is 5.38 Å². The largest absolute Gasteiger partial charge is 0.406 e. The molecule has 0 saturated heterocycles. The van der Waals surface area contributed by atoms with Crippen molar-refractivity contribution in [2.24, 2.45) is 0 Å². The fourth-order valence-electron chi connectivity index (χ4n) is 1.10. The summed E-state index contributed by atoms with van der Waals surface area (Å²) in [4.78, 5) is 0. The normalized spacial score (nSPS) is 12.4. The molecule has 0 radical (unpaired) electrons. The van der Waals surface area contributed by atoms with Crippen LogP contribution >= 0.6 is 27.5 Å². The van der Waals surface area contributed by atoms with E-state index in [1.807, 2.05) is 24.3 Å². The van der Waals surface area contributed by atoms with E-state index in [1.54, 1.807) is 6.92 Å². The third-order valence-electron chi connectivity index (χ3n) is 1.88. The Morgan fingerprint density at radius 1 is 1.31 bits per heavy atom. The first kappa shape index (κ1) is 11.4. The first-order chi connectivity index (χ1) is 7.65. The topological polar surface area (TPSA) is 51.0 Å². The van der Waals surface area contributed by atoms with Gasteiger partial charge in [-0.2, -0.15) is 0 Å². The van der Waals surface area contributed by atoms with Crippen LogP contribution in [-0.2, 0) is 0 Å². The molecule has 1 unspecified atom stereocenters. The van der Waals surface area contributed by atoms with Gasteiger partial charge in [-0.15, -0.1) is 16.7 Å². The van der Waals surface area contributed by atoms with Crippen molar-refractivity contribution in [3.63, 3.8) is 0 Å². The lowest BCUT2D eigenvalue weighted by atomic mass is 10.3. The molecule has 2 aromatic rings. The minimum absolute atomic E-state index is 0.284. The summed E-state index contributed by atoms with van der Waals surface area (Å²) >= 11 is 9.17. The van der Waals surface area contributed by atoms with Crippen molar-refractivity contribution in [2.45, 2.75) is 12.3 Å².